The molecule has 4 heteroatoms. The summed E-state index contributed by atoms with van der Waals surface area (Å²) in [7, 11) is 1.86. The average molecular weight is 247 g/mol. The second-order valence-electron chi connectivity index (χ2n) is 4.70. The lowest BCUT2D eigenvalue weighted by Gasteiger charge is -2.10. The van der Waals surface area contributed by atoms with Crippen LogP contribution in [0.2, 0.25) is 0 Å². The molecule has 18 heavy (non-hydrogen) atoms. The number of nitrogens with zero attached hydrogens (tertiary/aromatic N) is 2. The Morgan fingerprint density at radius 2 is 2.00 bits per heavy atom. The van der Waals surface area contributed by atoms with Crippen molar-refractivity contribution in [3.05, 3.63) is 41.0 Å². The second-order valence-corrected chi connectivity index (χ2v) is 4.70. The van der Waals surface area contributed by atoms with Crippen LogP contribution < -0.4 is 5.73 Å². The Labute approximate surface area is 106 Å². The summed E-state index contributed by atoms with van der Waals surface area (Å²) < 4.78 is 15.8. The molecule has 0 radical (unpaired) electrons. The van der Waals surface area contributed by atoms with Gasteiger partial charge in [0.15, 0.2) is 0 Å². The Bertz CT molecular complexity index is 585. The molecule has 0 bridgehead atoms. The minimum atomic E-state index is -0.237. The fourth-order valence-electron chi connectivity index (χ4n) is 2.18. The van der Waals surface area contributed by atoms with Crippen LogP contribution in [0, 0.1) is 19.7 Å². The topological polar surface area (TPSA) is 43.8 Å². The highest BCUT2D eigenvalue weighted by atomic mass is 19.1. The standard InChI is InChI=1S/C14H18FN3/c1-8(16)11-5-6-13(15)12(7-11)14-9(2)17-18(4)10(14)3/h5-8H,16H2,1-4H3. The maximum atomic E-state index is 14.0. The van der Waals surface area contributed by atoms with Crippen molar-refractivity contribution in [2.24, 2.45) is 12.8 Å². The van der Waals surface area contributed by atoms with Gasteiger partial charge in [0.25, 0.3) is 0 Å². The van der Waals surface area contributed by atoms with Crippen molar-refractivity contribution in [2.45, 2.75) is 26.8 Å². The first kappa shape index (κ1) is 12.8. The van der Waals surface area contributed by atoms with Crippen LogP contribution in [0.3, 0.4) is 0 Å². The smallest absolute Gasteiger partial charge is 0.131 e. The van der Waals surface area contributed by atoms with Gasteiger partial charge >= 0.3 is 0 Å². The number of halogens is 1. The number of hydrogen-bond donors (Lipinski definition) is 1. The van der Waals surface area contributed by atoms with Gasteiger partial charge in [-0.05, 0) is 38.5 Å². The van der Waals surface area contributed by atoms with Gasteiger partial charge in [-0.3, -0.25) is 4.68 Å². The van der Waals surface area contributed by atoms with E-state index in [1.165, 1.54) is 6.07 Å². The minimum absolute atomic E-state index is 0.110. The van der Waals surface area contributed by atoms with Crippen LogP contribution in [0.1, 0.15) is 29.9 Å². The number of rotatable bonds is 2. The van der Waals surface area contributed by atoms with E-state index in [9.17, 15) is 4.39 Å². The van der Waals surface area contributed by atoms with E-state index in [0.717, 1.165) is 22.5 Å². The van der Waals surface area contributed by atoms with Gasteiger partial charge in [-0.1, -0.05) is 6.07 Å². The van der Waals surface area contributed by atoms with Gasteiger partial charge < -0.3 is 5.73 Å². The Hall–Kier alpha value is -1.68. The molecule has 0 aliphatic rings. The highest BCUT2D eigenvalue weighted by Gasteiger charge is 2.16. The fraction of sp³-hybridized carbons (Fsp3) is 0.357. The van der Waals surface area contributed by atoms with E-state index >= 15 is 0 Å². The fourth-order valence-corrected chi connectivity index (χ4v) is 2.18. The van der Waals surface area contributed by atoms with Crippen LogP contribution in [-0.2, 0) is 7.05 Å². The lowest BCUT2D eigenvalue weighted by molar-refractivity contribution is 0.629. The molecule has 0 aliphatic carbocycles. The number of aryl methyl sites for hydroxylation is 2. The third-order valence-corrected chi connectivity index (χ3v) is 3.29. The van der Waals surface area contributed by atoms with Gasteiger partial charge in [0.2, 0.25) is 0 Å². The van der Waals surface area contributed by atoms with Gasteiger partial charge in [0, 0.05) is 29.9 Å². The van der Waals surface area contributed by atoms with Gasteiger partial charge in [-0.15, -0.1) is 0 Å². The number of hydrogen-bond acceptors (Lipinski definition) is 2. The molecule has 1 aromatic carbocycles. The molecule has 2 aromatic rings. The van der Waals surface area contributed by atoms with Crippen molar-refractivity contribution in [2.75, 3.05) is 0 Å². The largest absolute Gasteiger partial charge is 0.324 e. The average Bonchev–Trinajstić information content (AvgIpc) is 2.54. The first-order valence-corrected chi connectivity index (χ1v) is 5.97. The molecule has 2 rings (SSSR count). The van der Waals surface area contributed by atoms with E-state index in [4.69, 9.17) is 5.73 Å². The van der Waals surface area contributed by atoms with Gasteiger partial charge in [-0.2, -0.15) is 5.10 Å². The van der Waals surface area contributed by atoms with E-state index in [1.54, 1.807) is 10.7 Å². The van der Waals surface area contributed by atoms with Crippen molar-refractivity contribution in [1.82, 2.24) is 9.78 Å². The quantitative estimate of drug-likeness (QED) is 0.886. The third-order valence-electron chi connectivity index (χ3n) is 3.29. The molecule has 96 valence electrons. The maximum absolute atomic E-state index is 14.0. The number of aromatic nitrogens is 2. The molecule has 0 spiro atoms. The molecular weight excluding hydrogens is 229 g/mol. The SMILES string of the molecule is Cc1nn(C)c(C)c1-c1cc(C(C)N)ccc1F. The number of nitrogens with two attached hydrogens (primary N) is 1. The highest BCUT2D eigenvalue weighted by Crippen LogP contribution is 2.30. The highest BCUT2D eigenvalue weighted by molar-refractivity contribution is 5.69. The van der Waals surface area contributed by atoms with Crippen molar-refractivity contribution in [3.63, 3.8) is 0 Å². The van der Waals surface area contributed by atoms with Crippen molar-refractivity contribution >= 4 is 0 Å². The summed E-state index contributed by atoms with van der Waals surface area (Å²) in [4.78, 5) is 0. The van der Waals surface area contributed by atoms with E-state index < -0.39 is 0 Å². The van der Waals surface area contributed by atoms with E-state index in [1.807, 2.05) is 33.9 Å². The Kier molecular flexibility index (Phi) is 3.22. The summed E-state index contributed by atoms with van der Waals surface area (Å²) in [5.41, 5.74) is 9.99. The zero-order valence-corrected chi connectivity index (χ0v) is 11.2. The van der Waals surface area contributed by atoms with Crippen LogP contribution in [0.4, 0.5) is 4.39 Å². The van der Waals surface area contributed by atoms with E-state index in [-0.39, 0.29) is 11.9 Å². The normalized spacial score (nSPS) is 12.8. The maximum Gasteiger partial charge on any atom is 0.131 e. The van der Waals surface area contributed by atoms with Gasteiger partial charge in [0.05, 0.1) is 5.69 Å². The molecule has 1 heterocycles. The molecule has 0 saturated heterocycles. The molecule has 3 nitrogen and oxygen atoms in total. The van der Waals surface area contributed by atoms with Gasteiger partial charge in [-0.25, -0.2) is 4.39 Å². The summed E-state index contributed by atoms with van der Waals surface area (Å²) in [6.45, 7) is 5.72. The lowest BCUT2D eigenvalue weighted by Crippen LogP contribution is -2.05. The molecule has 1 aromatic heterocycles. The second kappa shape index (κ2) is 4.53. The number of benzene rings is 1. The van der Waals surface area contributed by atoms with Crippen molar-refractivity contribution in [1.29, 1.82) is 0 Å². The molecule has 1 unspecified atom stereocenters. The van der Waals surface area contributed by atoms with Crippen LogP contribution in [0.5, 0.6) is 0 Å². The van der Waals surface area contributed by atoms with E-state index in [0.29, 0.717) is 5.56 Å². The molecule has 0 fully saturated rings. The summed E-state index contributed by atoms with van der Waals surface area (Å²) in [6.07, 6.45) is 0. The lowest BCUT2D eigenvalue weighted by atomic mass is 9.98. The monoisotopic (exact) mass is 247 g/mol. The zero-order valence-electron chi connectivity index (χ0n) is 11.2. The molecule has 0 aliphatic heterocycles. The van der Waals surface area contributed by atoms with Crippen LogP contribution >= 0.6 is 0 Å². The minimum Gasteiger partial charge on any atom is -0.324 e. The summed E-state index contributed by atoms with van der Waals surface area (Å²) >= 11 is 0. The predicted molar refractivity (Wildman–Crippen MR) is 70.7 cm³/mol. The Balaban J connectivity index is 2.66. The summed E-state index contributed by atoms with van der Waals surface area (Å²) in [5, 5.41) is 4.32. The third kappa shape index (κ3) is 2.04. The van der Waals surface area contributed by atoms with E-state index in [2.05, 4.69) is 5.10 Å². The molecule has 0 saturated carbocycles. The summed E-state index contributed by atoms with van der Waals surface area (Å²) in [6, 6.07) is 4.91. The van der Waals surface area contributed by atoms with Crippen LogP contribution in [0.25, 0.3) is 11.1 Å². The summed E-state index contributed by atoms with van der Waals surface area (Å²) in [5.74, 6) is -0.237. The Morgan fingerprint density at radius 3 is 2.50 bits per heavy atom. The zero-order chi connectivity index (χ0) is 13.4. The molecular formula is C14H18FN3. The van der Waals surface area contributed by atoms with Crippen LogP contribution in [0.15, 0.2) is 18.2 Å². The van der Waals surface area contributed by atoms with Crippen molar-refractivity contribution < 1.29 is 4.39 Å². The van der Waals surface area contributed by atoms with Gasteiger partial charge in [0.1, 0.15) is 5.82 Å². The first-order chi connectivity index (χ1) is 8.41. The first-order valence-electron chi connectivity index (χ1n) is 5.97. The van der Waals surface area contributed by atoms with Crippen LogP contribution in [-0.4, -0.2) is 9.78 Å². The molecule has 2 N–H and O–H groups in total. The molecule has 0 amide bonds. The molecule has 1 atom stereocenters. The van der Waals surface area contributed by atoms with Crippen molar-refractivity contribution in [3.8, 4) is 11.1 Å². The predicted octanol–water partition coefficient (Wildman–Crippen LogP) is 2.86. The Morgan fingerprint density at radius 1 is 1.33 bits per heavy atom.